The minimum Gasteiger partial charge on any atom is -0.469 e. The standard InChI is InChI=1S/C15H22O2/c1-4-5-11-15(2,14(16)17-3)12-13-9-7-6-8-10-13/h6-10H,4-5,11-12H2,1-3H3. The van der Waals surface area contributed by atoms with Gasteiger partial charge in [-0.25, -0.2) is 0 Å². The molecule has 0 aliphatic rings. The highest BCUT2D eigenvalue weighted by Crippen LogP contribution is 2.30. The number of hydrogen-bond donors (Lipinski definition) is 0. The molecule has 0 radical (unpaired) electrons. The molecule has 0 aliphatic heterocycles. The first-order valence-corrected chi connectivity index (χ1v) is 6.24. The summed E-state index contributed by atoms with van der Waals surface area (Å²) in [4.78, 5) is 11.9. The number of unbranched alkanes of at least 4 members (excludes halogenated alkanes) is 1. The van der Waals surface area contributed by atoms with E-state index in [2.05, 4.69) is 19.1 Å². The van der Waals surface area contributed by atoms with Crippen LogP contribution in [0.3, 0.4) is 0 Å². The Morgan fingerprint density at radius 3 is 2.47 bits per heavy atom. The van der Waals surface area contributed by atoms with Gasteiger partial charge in [-0.05, 0) is 25.3 Å². The van der Waals surface area contributed by atoms with Crippen LogP contribution in [0.2, 0.25) is 0 Å². The molecule has 0 amide bonds. The molecule has 0 N–H and O–H groups in total. The third kappa shape index (κ3) is 3.88. The van der Waals surface area contributed by atoms with E-state index in [9.17, 15) is 4.79 Å². The average molecular weight is 234 g/mol. The fraction of sp³-hybridized carbons (Fsp3) is 0.533. The molecule has 0 aromatic heterocycles. The lowest BCUT2D eigenvalue weighted by atomic mass is 9.79. The van der Waals surface area contributed by atoms with Gasteiger partial charge in [-0.1, -0.05) is 50.1 Å². The first-order chi connectivity index (χ1) is 8.12. The SMILES string of the molecule is CCCCC(C)(Cc1ccccc1)C(=O)OC. The van der Waals surface area contributed by atoms with Crippen molar-refractivity contribution in [2.24, 2.45) is 5.41 Å². The number of ether oxygens (including phenoxy) is 1. The van der Waals surface area contributed by atoms with Gasteiger partial charge >= 0.3 is 5.97 Å². The van der Waals surface area contributed by atoms with Crippen LogP contribution in [-0.2, 0) is 16.0 Å². The Bertz CT molecular complexity index is 345. The molecule has 1 aromatic rings. The lowest BCUT2D eigenvalue weighted by Gasteiger charge is -2.26. The molecule has 0 fully saturated rings. The molecule has 1 unspecified atom stereocenters. The second kappa shape index (κ2) is 6.43. The molecular formula is C15H22O2. The number of methoxy groups -OCH3 is 1. The van der Waals surface area contributed by atoms with Crippen molar-refractivity contribution in [3.8, 4) is 0 Å². The summed E-state index contributed by atoms with van der Waals surface area (Å²) in [6.45, 7) is 4.14. The van der Waals surface area contributed by atoms with Crippen molar-refractivity contribution in [2.75, 3.05) is 7.11 Å². The van der Waals surface area contributed by atoms with Gasteiger partial charge in [0, 0.05) is 0 Å². The predicted octanol–water partition coefficient (Wildman–Crippen LogP) is 3.60. The zero-order chi connectivity index (χ0) is 12.7. The fourth-order valence-electron chi connectivity index (χ4n) is 2.12. The van der Waals surface area contributed by atoms with E-state index in [-0.39, 0.29) is 5.97 Å². The summed E-state index contributed by atoms with van der Waals surface area (Å²) in [7, 11) is 1.47. The highest BCUT2D eigenvalue weighted by atomic mass is 16.5. The number of esters is 1. The summed E-state index contributed by atoms with van der Waals surface area (Å²) in [5.41, 5.74) is 0.794. The number of carbonyl (C=O) groups excluding carboxylic acids is 1. The van der Waals surface area contributed by atoms with Crippen LogP contribution in [0.1, 0.15) is 38.7 Å². The minimum absolute atomic E-state index is 0.102. The average Bonchev–Trinajstić information content (AvgIpc) is 2.36. The molecule has 0 heterocycles. The summed E-state index contributed by atoms with van der Waals surface area (Å²) in [6.07, 6.45) is 3.78. The third-order valence-electron chi connectivity index (χ3n) is 3.20. The maximum absolute atomic E-state index is 11.9. The second-order valence-electron chi connectivity index (χ2n) is 4.82. The van der Waals surface area contributed by atoms with Gasteiger partial charge in [0.15, 0.2) is 0 Å². The Kier molecular flexibility index (Phi) is 5.20. The number of benzene rings is 1. The molecule has 17 heavy (non-hydrogen) atoms. The van der Waals surface area contributed by atoms with E-state index in [1.54, 1.807) is 0 Å². The van der Waals surface area contributed by atoms with E-state index in [1.807, 2.05) is 25.1 Å². The Hall–Kier alpha value is -1.31. The maximum Gasteiger partial charge on any atom is 0.311 e. The molecule has 0 spiro atoms. The van der Waals surface area contributed by atoms with Gasteiger partial charge in [-0.15, -0.1) is 0 Å². The zero-order valence-corrected chi connectivity index (χ0v) is 11.0. The van der Waals surface area contributed by atoms with Gasteiger partial charge in [0.25, 0.3) is 0 Å². The predicted molar refractivity (Wildman–Crippen MR) is 69.8 cm³/mol. The molecule has 1 aromatic carbocycles. The lowest BCUT2D eigenvalue weighted by Crippen LogP contribution is -2.31. The molecule has 94 valence electrons. The van der Waals surface area contributed by atoms with Crippen LogP contribution in [0.25, 0.3) is 0 Å². The number of carbonyl (C=O) groups is 1. The van der Waals surface area contributed by atoms with Crippen LogP contribution < -0.4 is 0 Å². The monoisotopic (exact) mass is 234 g/mol. The van der Waals surface area contributed by atoms with Crippen molar-refractivity contribution in [3.63, 3.8) is 0 Å². The quantitative estimate of drug-likeness (QED) is 0.703. The Morgan fingerprint density at radius 1 is 1.29 bits per heavy atom. The summed E-state index contributed by atoms with van der Waals surface area (Å²) >= 11 is 0. The Morgan fingerprint density at radius 2 is 1.94 bits per heavy atom. The smallest absolute Gasteiger partial charge is 0.311 e. The van der Waals surface area contributed by atoms with E-state index in [4.69, 9.17) is 4.74 Å². The molecule has 0 aliphatic carbocycles. The molecule has 1 atom stereocenters. The first kappa shape index (κ1) is 13.8. The normalized spacial score (nSPS) is 14.1. The maximum atomic E-state index is 11.9. The largest absolute Gasteiger partial charge is 0.469 e. The molecule has 0 saturated heterocycles. The van der Waals surface area contributed by atoms with Crippen LogP contribution in [0, 0.1) is 5.41 Å². The summed E-state index contributed by atoms with van der Waals surface area (Å²) < 4.78 is 4.95. The van der Waals surface area contributed by atoms with E-state index >= 15 is 0 Å². The Balaban J connectivity index is 2.80. The number of rotatable bonds is 6. The van der Waals surface area contributed by atoms with Crippen molar-refractivity contribution >= 4 is 5.97 Å². The van der Waals surface area contributed by atoms with Gasteiger partial charge in [0.1, 0.15) is 0 Å². The van der Waals surface area contributed by atoms with Crippen LogP contribution in [0.5, 0.6) is 0 Å². The van der Waals surface area contributed by atoms with Crippen molar-refractivity contribution in [1.29, 1.82) is 0 Å². The van der Waals surface area contributed by atoms with Crippen molar-refractivity contribution < 1.29 is 9.53 Å². The van der Waals surface area contributed by atoms with Crippen molar-refractivity contribution in [1.82, 2.24) is 0 Å². The Labute approximate surface area is 104 Å². The molecule has 2 nitrogen and oxygen atoms in total. The summed E-state index contributed by atoms with van der Waals surface area (Å²) in [5.74, 6) is -0.102. The molecule has 0 saturated carbocycles. The van der Waals surface area contributed by atoms with Gasteiger partial charge < -0.3 is 4.74 Å². The fourth-order valence-corrected chi connectivity index (χ4v) is 2.12. The summed E-state index contributed by atoms with van der Waals surface area (Å²) in [6, 6.07) is 10.1. The molecule has 1 rings (SSSR count). The third-order valence-corrected chi connectivity index (χ3v) is 3.20. The molecule has 0 bridgehead atoms. The van der Waals surface area contributed by atoms with Gasteiger partial charge in [0.05, 0.1) is 12.5 Å². The first-order valence-electron chi connectivity index (χ1n) is 6.24. The van der Waals surface area contributed by atoms with E-state index in [0.717, 1.165) is 25.7 Å². The topological polar surface area (TPSA) is 26.3 Å². The second-order valence-corrected chi connectivity index (χ2v) is 4.82. The minimum atomic E-state index is -0.397. The van der Waals surface area contributed by atoms with E-state index in [0.29, 0.717) is 0 Å². The van der Waals surface area contributed by atoms with Crippen LogP contribution in [0.4, 0.5) is 0 Å². The number of hydrogen-bond acceptors (Lipinski definition) is 2. The van der Waals surface area contributed by atoms with Gasteiger partial charge in [-0.2, -0.15) is 0 Å². The highest BCUT2D eigenvalue weighted by Gasteiger charge is 2.33. The highest BCUT2D eigenvalue weighted by molar-refractivity contribution is 5.76. The van der Waals surface area contributed by atoms with Gasteiger partial charge in [0.2, 0.25) is 0 Å². The van der Waals surface area contributed by atoms with Crippen LogP contribution >= 0.6 is 0 Å². The van der Waals surface area contributed by atoms with E-state index < -0.39 is 5.41 Å². The van der Waals surface area contributed by atoms with Crippen molar-refractivity contribution in [2.45, 2.75) is 39.5 Å². The van der Waals surface area contributed by atoms with Gasteiger partial charge in [-0.3, -0.25) is 4.79 Å². The van der Waals surface area contributed by atoms with Crippen LogP contribution in [0.15, 0.2) is 30.3 Å². The molecular weight excluding hydrogens is 212 g/mol. The van der Waals surface area contributed by atoms with Crippen LogP contribution in [-0.4, -0.2) is 13.1 Å². The zero-order valence-electron chi connectivity index (χ0n) is 11.0. The van der Waals surface area contributed by atoms with E-state index in [1.165, 1.54) is 12.7 Å². The summed E-state index contributed by atoms with van der Waals surface area (Å²) in [5, 5.41) is 0. The van der Waals surface area contributed by atoms with Crippen molar-refractivity contribution in [3.05, 3.63) is 35.9 Å². The molecule has 2 heteroatoms. The lowest BCUT2D eigenvalue weighted by molar-refractivity contribution is -0.152.